The van der Waals surface area contributed by atoms with E-state index in [0.29, 0.717) is 11.3 Å². The predicted molar refractivity (Wildman–Crippen MR) is 118 cm³/mol. The number of para-hydroxylation sites is 1. The highest BCUT2D eigenvalue weighted by atomic mass is 35.5. The minimum atomic E-state index is -0.0794. The van der Waals surface area contributed by atoms with E-state index in [-0.39, 0.29) is 30.4 Å². The summed E-state index contributed by atoms with van der Waals surface area (Å²) in [5.74, 6) is 2.05. The first-order valence-electron chi connectivity index (χ1n) is 10.1. The number of benzene rings is 2. The molecule has 4 rings (SSSR count). The maximum absolute atomic E-state index is 12.8. The summed E-state index contributed by atoms with van der Waals surface area (Å²) in [6.07, 6.45) is 2.83. The van der Waals surface area contributed by atoms with Crippen LogP contribution in [0.1, 0.15) is 40.4 Å². The molecule has 2 heterocycles. The van der Waals surface area contributed by atoms with E-state index in [4.69, 9.17) is 14.2 Å². The van der Waals surface area contributed by atoms with Crippen LogP contribution in [-0.2, 0) is 6.42 Å². The molecule has 6 nitrogen and oxygen atoms in total. The summed E-state index contributed by atoms with van der Waals surface area (Å²) in [5.41, 5.74) is 3.17. The molecule has 0 bridgehead atoms. The van der Waals surface area contributed by atoms with Crippen molar-refractivity contribution < 1.29 is 19.0 Å². The van der Waals surface area contributed by atoms with Crippen LogP contribution in [0.2, 0.25) is 0 Å². The predicted octanol–water partition coefficient (Wildman–Crippen LogP) is 3.63. The summed E-state index contributed by atoms with van der Waals surface area (Å²) in [4.78, 5) is 15.4. The number of piperidine rings is 1. The first kappa shape index (κ1) is 22.2. The number of carbonyl (C=O) groups is 1. The average Bonchev–Trinajstić information content (AvgIpc) is 2.77. The maximum Gasteiger partial charge on any atom is 0.255 e. The van der Waals surface area contributed by atoms with Gasteiger partial charge in [-0.2, -0.15) is 0 Å². The van der Waals surface area contributed by atoms with Gasteiger partial charge in [-0.05, 0) is 54.7 Å². The fourth-order valence-corrected chi connectivity index (χ4v) is 4.56. The Morgan fingerprint density at radius 2 is 1.70 bits per heavy atom. The SMILES string of the molecule is COc1cc2c(cc1OC)C1CC(NC(=O)c3ccccc3OC)CCN1CC2.Cl. The molecule has 2 aromatic rings. The lowest BCUT2D eigenvalue weighted by Gasteiger charge is -2.43. The van der Waals surface area contributed by atoms with E-state index in [2.05, 4.69) is 22.3 Å². The van der Waals surface area contributed by atoms with Gasteiger partial charge in [0.15, 0.2) is 11.5 Å². The van der Waals surface area contributed by atoms with Gasteiger partial charge in [-0.1, -0.05) is 12.1 Å². The van der Waals surface area contributed by atoms with Gasteiger partial charge >= 0.3 is 0 Å². The summed E-state index contributed by atoms with van der Waals surface area (Å²) in [6.45, 7) is 2.00. The van der Waals surface area contributed by atoms with Gasteiger partial charge in [0.1, 0.15) is 5.75 Å². The molecule has 7 heteroatoms. The van der Waals surface area contributed by atoms with Gasteiger partial charge in [0.2, 0.25) is 0 Å². The first-order valence-corrected chi connectivity index (χ1v) is 10.1. The fraction of sp³-hybridized carbons (Fsp3) is 0.435. The highest BCUT2D eigenvalue weighted by Crippen LogP contribution is 2.41. The third kappa shape index (κ3) is 4.20. The Morgan fingerprint density at radius 1 is 1.00 bits per heavy atom. The summed E-state index contributed by atoms with van der Waals surface area (Å²) in [5, 5.41) is 3.22. The molecule has 0 radical (unpaired) electrons. The molecule has 0 aromatic heterocycles. The van der Waals surface area contributed by atoms with E-state index in [0.717, 1.165) is 43.9 Å². The molecule has 1 fully saturated rings. The van der Waals surface area contributed by atoms with Crippen molar-refractivity contribution in [2.24, 2.45) is 0 Å². The van der Waals surface area contributed by atoms with E-state index < -0.39 is 0 Å². The van der Waals surface area contributed by atoms with E-state index in [9.17, 15) is 4.79 Å². The number of halogens is 1. The normalized spacial score (nSPS) is 20.2. The second kappa shape index (κ2) is 9.58. The standard InChI is InChI=1S/C23H28N2O4.ClH/c1-27-20-7-5-4-6-17(20)23(26)24-16-9-11-25-10-8-15-12-21(28-2)22(29-3)14-18(15)19(25)13-16;/h4-7,12,14,16,19H,8-11,13H2,1-3H3,(H,24,26);1H. The topological polar surface area (TPSA) is 60.0 Å². The number of methoxy groups -OCH3 is 3. The van der Waals surface area contributed by atoms with Crippen molar-refractivity contribution in [3.05, 3.63) is 53.1 Å². The maximum atomic E-state index is 12.8. The van der Waals surface area contributed by atoms with Crippen LogP contribution in [0.5, 0.6) is 17.2 Å². The van der Waals surface area contributed by atoms with Gasteiger partial charge < -0.3 is 19.5 Å². The molecule has 0 aliphatic carbocycles. The van der Waals surface area contributed by atoms with Gasteiger partial charge in [-0.25, -0.2) is 0 Å². The Kier molecular flexibility index (Phi) is 7.10. The Bertz CT molecular complexity index is 905. The van der Waals surface area contributed by atoms with Crippen LogP contribution in [0.3, 0.4) is 0 Å². The lowest BCUT2D eigenvalue weighted by Crippen LogP contribution is -2.48. The molecule has 2 unspecified atom stereocenters. The van der Waals surface area contributed by atoms with Crippen LogP contribution in [-0.4, -0.2) is 51.3 Å². The molecule has 2 atom stereocenters. The van der Waals surface area contributed by atoms with Gasteiger partial charge in [0.05, 0.1) is 26.9 Å². The second-order valence-electron chi connectivity index (χ2n) is 7.60. The number of nitrogens with zero attached hydrogens (tertiary/aromatic N) is 1. The largest absolute Gasteiger partial charge is 0.496 e. The highest BCUT2D eigenvalue weighted by molar-refractivity contribution is 5.97. The molecular weight excluding hydrogens is 404 g/mol. The number of fused-ring (bicyclic) bond motifs is 3. The van der Waals surface area contributed by atoms with Crippen LogP contribution in [0, 0.1) is 0 Å². The number of ether oxygens (including phenoxy) is 3. The monoisotopic (exact) mass is 432 g/mol. The third-order valence-electron chi connectivity index (χ3n) is 6.07. The Morgan fingerprint density at radius 3 is 2.43 bits per heavy atom. The molecule has 2 aliphatic heterocycles. The van der Waals surface area contributed by atoms with Crippen molar-refractivity contribution in [3.63, 3.8) is 0 Å². The molecule has 2 aliphatic rings. The number of rotatable bonds is 5. The summed E-state index contributed by atoms with van der Waals surface area (Å²) < 4.78 is 16.3. The molecule has 2 aromatic carbocycles. The van der Waals surface area contributed by atoms with Crippen molar-refractivity contribution in [1.82, 2.24) is 10.2 Å². The minimum absolute atomic E-state index is 0. The molecule has 1 saturated heterocycles. The smallest absolute Gasteiger partial charge is 0.255 e. The van der Waals surface area contributed by atoms with Crippen LogP contribution >= 0.6 is 12.4 Å². The quantitative estimate of drug-likeness (QED) is 0.781. The van der Waals surface area contributed by atoms with Crippen LogP contribution in [0.4, 0.5) is 0 Å². The number of hydrogen-bond donors (Lipinski definition) is 1. The van der Waals surface area contributed by atoms with Crippen LogP contribution in [0.25, 0.3) is 0 Å². The van der Waals surface area contributed by atoms with Crippen molar-refractivity contribution in [1.29, 1.82) is 0 Å². The van der Waals surface area contributed by atoms with Gasteiger partial charge in [0.25, 0.3) is 5.91 Å². The average molecular weight is 433 g/mol. The molecule has 162 valence electrons. The molecule has 1 amide bonds. The summed E-state index contributed by atoms with van der Waals surface area (Å²) in [7, 11) is 4.93. The van der Waals surface area contributed by atoms with Gasteiger partial charge in [-0.3, -0.25) is 9.69 Å². The molecular formula is C23H29ClN2O4. The van der Waals surface area contributed by atoms with Crippen LogP contribution in [0.15, 0.2) is 36.4 Å². The third-order valence-corrected chi connectivity index (χ3v) is 6.07. The van der Waals surface area contributed by atoms with E-state index >= 15 is 0 Å². The van der Waals surface area contributed by atoms with Crippen molar-refractivity contribution in [2.45, 2.75) is 31.3 Å². The van der Waals surface area contributed by atoms with E-state index in [1.54, 1.807) is 27.4 Å². The number of nitrogens with one attached hydrogen (secondary N) is 1. The molecule has 0 saturated carbocycles. The number of hydrogen-bond acceptors (Lipinski definition) is 5. The number of amides is 1. The number of carbonyl (C=O) groups excluding carboxylic acids is 1. The van der Waals surface area contributed by atoms with Crippen LogP contribution < -0.4 is 19.5 Å². The van der Waals surface area contributed by atoms with Crippen molar-refractivity contribution >= 4 is 18.3 Å². The van der Waals surface area contributed by atoms with E-state index in [1.165, 1.54) is 11.1 Å². The first-order chi connectivity index (χ1) is 14.1. The minimum Gasteiger partial charge on any atom is -0.496 e. The fourth-order valence-electron chi connectivity index (χ4n) is 4.56. The lowest BCUT2D eigenvalue weighted by molar-refractivity contribution is 0.0841. The lowest BCUT2D eigenvalue weighted by atomic mass is 9.84. The zero-order valence-corrected chi connectivity index (χ0v) is 18.5. The Hall–Kier alpha value is -2.44. The summed E-state index contributed by atoms with van der Waals surface area (Å²) in [6, 6.07) is 11.9. The second-order valence-corrected chi connectivity index (χ2v) is 7.60. The zero-order chi connectivity index (χ0) is 20.4. The molecule has 1 N–H and O–H groups in total. The highest BCUT2D eigenvalue weighted by Gasteiger charge is 2.35. The van der Waals surface area contributed by atoms with Gasteiger partial charge in [-0.15, -0.1) is 12.4 Å². The van der Waals surface area contributed by atoms with E-state index in [1.807, 2.05) is 18.2 Å². The molecule has 30 heavy (non-hydrogen) atoms. The molecule has 0 spiro atoms. The zero-order valence-electron chi connectivity index (χ0n) is 17.6. The van der Waals surface area contributed by atoms with Gasteiger partial charge in [0, 0.05) is 25.2 Å². The summed E-state index contributed by atoms with van der Waals surface area (Å²) >= 11 is 0. The Balaban J connectivity index is 0.00000256. The van der Waals surface area contributed by atoms with Crippen molar-refractivity contribution in [3.8, 4) is 17.2 Å². The Labute approximate surface area is 183 Å². The van der Waals surface area contributed by atoms with Crippen molar-refractivity contribution in [2.75, 3.05) is 34.4 Å².